The molecular weight excluding hydrogens is 301 g/mol. The third-order valence-electron chi connectivity index (χ3n) is 2.52. The van der Waals surface area contributed by atoms with Crippen molar-refractivity contribution in [1.82, 2.24) is 4.98 Å². The van der Waals surface area contributed by atoms with Crippen LogP contribution >= 0.6 is 11.6 Å². The average molecular weight is 322 g/mol. The maximum absolute atomic E-state index is 11.9. The van der Waals surface area contributed by atoms with E-state index < -0.39 is 0 Å². The average Bonchev–Trinajstić information content (AvgIpc) is 2.34. The van der Waals surface area contributed by atoms with Gasteiger partial charge in [-0.2, -0.15) is 0 Å². The zero-order valence-electron chi connectivity index (χ0n) is 12.0. The van der Waals surface area contributed by atoms with Gasteiger partial charge in [-0.3, -0.25) is 4.90 Å². The van der Waals surface area contributed by atoms with E-state index in [1.165, 1.54) is 9.80 Å². The van der Waals surface area contributed by atoms with Crippen LogP contribution in [0.3, 0.4) is 0 Å². The third kappa shape index (κ3) is 6.41. The van der Waals surface area contributed by atoms with Crippen molar-refractivity contribution in [3.05, 3.63) is 23.4 Å². The first-order valence-corrected chi connectivity index (χ1v) is 6.78. The summed E-state index contributed by atoms with van der Waals surface area (Å²) in [6.07, 6.45) is 0.487. The molecule has 1 heterocycles. The molecule has 1 aromatic heterocycles. The van der Waals surface area contributed by atoms with Crippen molar-refractivity contribution in [2.24, 2.45) is 0 Å². The number of anilines is 1. The molecule has 0 saturated carbocycles. The molecule has 1 aromatic rings. The SMILES string of the molecule is CCOC(=O)N(CCC[NH+](C)C)c1cccc(Cl)n1.[Cl-]. The van der Waals surface area contributed by atoms with Crippen LogP contribution in [-0.2, 0) is 4.74 Å². The van der Waals surface area contributed by atoms with Crippen molar-refractivity contribution in [1.29, 1.82) is 0 Å². The van der Waals surface area contributed by atoms with Gasteiger partial charge in [-0.15, -0.1) is 0 Å². The molecule has 1 N–H and O–H groups in total. The van der Waals surface area contributed by atoms with Gasteiger partial charge in [-0.1, -0.05) is 17.7 Å². The maximum atomic E-state index is 11.9. The van der Waals surface area contributed by atoms with Gasteiger partial charge in [0.05, 0.1) is 27.2 Å². The fourth-order valence-electron chi connectivity index (χ4n) is 1.64. The number of rotatable bonds is 6. The first-order valence-electron chi connectivity index (χ1n) is 6.40. The Bertz CT molecular complexity index is 416. The fraction of sp³-hybridized carbons (Fsp3) is 0.538. The molecule has 0 saturated heterocycles. The number of ether oxygens (including phenoxy) is 1. The van der Waals surface area contributed by atoms with Crippen LogP contribution in [0.15, 0.2) is 18.2 Å². The summed E-state index contributed by atoms with van der Waals surface area (Å²) in [6.45, 7) is 3.66. The summed E-state index contributed by atoms with van der Waals surface area (Å²) in [6, 6.07) is 5.21. The lowest BCUT2D eigenvalue weighted by atomic mass is 10.3. The summed E-state index contributed by atoms with van der Waals surface area (Å²) >= 11 is 5.86. The monoisotopic (exact) mass is 321 g/mol. The highest BCUT2D eigenvalue weighted by Gasteiger charge is 2.18. The maximum Gasteiger partial charge on any atom is 0.415 e. The number of hydrogen-bond donors (Lipinski definition) is 1. The van der Waals surface area contributed by atoms with E-state index in [1.807, 2.05) is 0 Å². The molecule has 7 heteroatoms. The van der Waals surface area contributed by atoms with Crippen LogP contribution in [0.2, 0.25) is 5.15 Å². The molecule has 1 amide bonds. The molecule has 0 aliphatic heterocycles. The number of quaternary nitrogens is 1. The van der Waals surface area contributed by atoms with Crippen LogP contribution in [0, 0.1) is 0 Å². The van der Waals surface area contributed by atoms with Gasteiger partial charge in [0.25, 0.3) is 0 Å². The van der Waals surface area contributed by atoms with Crippen LogP contribution in [0.25, 0.3) is 0 Å². The second-order valence-electron chi connectivity index (χ2n) is 4.48. The minimum atomic E-state index is -0.383. The quantitative estimate of drug-likeness (QED) is 0.631. The van der Waals surface area contributed by atoms with Gasteiger partial charge in [0.15, 0.2) is 0 Å². The zero-order valence-corrected chi connectivity index (χ0v) is 13.5. The van der Waals surface area contributed by atoms with Crippen LogP contribution in [0.1, 0.15) is 13.3 Å². The second kappa shape index (κ2) is 9.80. The molecule has 20 heavy (non-hydrogen) atoms. The highest BCUT2D eigenvalue weighted by molar-refractivity contribution is 6.29. The van der Waals surface area contributed by atoms with Crippen molar-refractivity contribution >= 4 is 23.5 Å². The smallest absolute Gasteiger partial charge is 0.415 e. The van der Waals surface area contributed by atoms with Gasteiger partial charge in [-0.05, 0) is 19.1 Å². The number of aromatic nitrogens is 1. The van der Waals surface area contributed by atoms with Crippen LogP contribution in [-0.4, -0.2) is 44.9 Å². The van der Waals surface area contributed by atoms with E-state index in [-0.39, 0.29) is 18.5 Å². The minimum Gasteiger partial charge on any atom is -1.00 e. The predicted molar refractivity (Wildman–Crippen MR) is 75.9 cm³/mol. The Morgan fingerprint density at radius 3 is 2.70 bits per heavy atom. The number of nitrogens with zero attached hydrogens (tertiary/aromatic N) is 2. The number of carbonyl (C=O) groups excluding carboxylic acids is 1. The van der Waals surface area contributed by atoms with Gasteiger partial charge < -0.3 is 22.0 Å². The number of hydrogen-bond acceptors (Lipinski definition) is 3. The number of nitrogens with one attached hydrogen (secondary N) is 1. The summed E-state index contributed by atoms with van der Waals surface area (Å²) < 4.78 is 5.05. The lowest BCUT2D eigenvalue weighted by molar-refractivity contribution is -0.858. The fourth-order valence-corrected chi connectivity index (χ4v) is 1.80. The van der Waals surface area contributed by atoms with E-state index >= 15 is 0 Å². The molecule has 0 unspecified atom stereocenters. The van der Waals surface area contributed by atoms with Crippen molar-refractivity contribution in [3.63, 3.8) is 0 Å². The number of amides is 1. The lowest BCUT2D eigenvalue weighted by Gasteiger charge is -2.21. The Labute approximate surface area is 131 Å². The van der Waals surface area contributed by atoms with E-state index in [4.69, 9.17) is 16.3 Å². The van der Waals surface area contributed by atoms with Crippen molar-refractivity contribution in [2.45, 2.75) is 13.3 Å². The standard InChI is InChI=1S/C13H20ClN3O2.ClH/c1-4-19-13(18)17(10-6-9-16(2)3)12-8-5-7-11(14)15-12;/h5,7-8H,4,6,9-10H2,1-3H3;1H. The summed E-state index contributed by atoms with van der Waals surface area (Å²) in [5.41, 5.74) is 0. The molecule has 0 aliphatic rings. The molecule has 0 radical (unpaired) electrons. The first kappa shape index (κ1) is 19.0. The highest BCUT2D eigenvalue weighted by Crippen LogP contribution is 2.15. The van der Waals surface area contributed by atoms with Crippen molar-refractivity contribution in [3.8, 4) is 0 Å². The summed E-state index contributed by atoms with van der Waals surface area (Å²) in [5.74, 6) is 0.528. The molecule has 0 aromatic carbocycles. The van der Waals surface area contributed by atoms with E-state index in [2.05, 4.69) is 19.1 Å². The highest BCUT2D eigenvalue weighted by atomic mass is 35.5. The van der Waals surface area contributed by atoms with Gasteiger partial charge in [0.2, 0.25) is 0 Å². The van der Waals surface area contributed by atoms with Gasteiger partial charge >= 0.3 is 6.09 Å². The van der Waals surface area contributed by atoms with Gasteiger partial charge in [-0.25, -0.2) is 9.78 Å². The molecule has 5 nitrogen and oxygen atoms in total. The van der Waals surface area contributed by atoms with Gasteiger partial charge in [0.1, 0.15) is 11.0 Å². The van der Waals surface area contributed by atoms with E-state index in [1.54, 1.807) is 25.1 Å². The molecule has 0 bridgehead atoms. The predicted octanol–water partition coefficient (Wildman–Crippen LogP) is -1.76. The third-order valence-corrected chi connectivity index (χ3v) is 2.73. The number of halogens is 2. The van der Waals surface area contributed by atoms with Crippen LogP contribution in [0.4, 0.5) is 10.6 Å². The molecule has 0 aliphatic carbocycles. The second-order valence-corrected chi connectivity index (χ2v) is 4.87. The topological polar surface area (TPSA) is 46.9 Å². The van der Waals surface area contributed by atoms with Crippen molar-refractivity contribution in [2.75, 3.05) is 38.7 Å². The molecule has 114 valence electrons. The van der Waals surface area contributed by atoms with Crippen LogP contribution in [0.5, 0.6) is 0 Å². The number of carbonyl (C=O) groups is 1. The van der Waals surface area contributed by atoms with Gasteiger partial charge in [0, 0.05) is 13.0 Å². The lowest BCUT2D eigenvalue weighted by Crippen LogP contribution is -3.05. The molecule has 0 atom stereocenters. The largest absolute Gasteiger partial charge is 1.00 e. The molecule has 1 rings (SSSR count). The van der Waals surface area contributed by atoms with E-state index in [0.717, 1.165) is 13.0 Å². The van der Waals surface area contributed by atoms with E-state index in [0.29, 0.717) is 24.1 Å². The summed E-state index contributed by atoms with van der Waals surface area (Å²) in [5, 5.41) is 0.366. The Kier molecular flexibility index (Phi) is 9.29. The van der Waals surface area contributed by atoms with Crippen LogP contribution < -0.4 is 22.2 Å². The summed E-state index contributed by atoms with van der Waals surface area (Å²) in [4.78, 5) is 19.0. The van der Waals surface area contributed by atoms with Crippen molar-refractivity contribution < 1.29 is 26.8 Å². The Balaban J connectivity index is 0.00000361. The molecule has 0 spiro atoms. The normalized spacial score (nSPS) is 10.1. The van der Waals surface area contributed by atoms with E-state index in [9.17, 15) is 4.79 Å². The zero-order chi connectivity index (χ0) is 14.3. The Morgan fingerprint density at radius 2 is 2.15 bits per heavy atom. The minimum absolute atomic E-state index is 0. The Hall–Kier alpha value is -1.04. The molecular formula is C13H21Cl2N3O2. The summed E-state index contributed by atoms with van der Waals surface area (Å²) in [7, 11) is 4.15. The number of pyridine rings is 1. The first-order chi connectivity index (χ1) is 9.04. The Morgan fingerprint density at radius 1 is 1.45 bits per heavy atom. The molecule has 0 fully saturated rings.